The van der Waals surface area contributed by atoms with Gasteiger partial charge in [-0.3, -0.25) is 9.69 Å². The van der Waals surface area contributed by atoms with E-state index >= 15 is 0 Å². The Hall–Kier alpha value is -1.35. The number of piperidine rings is 1. The number of nitrogens with zero attached hydrogens (tertiary/aromatic N) is 1. The molecule has 21 heavy (non-hydrogen) atoms. The van der Waals surface area contributed by atoms with Gasteiger partial charge in [-0.15, -0.1) is 0 Å². The Kier molecular flexibility index (Phi) is 5.04. The minimum atomic E-state index is -0.643. The second-order valence-corrected chi connectivity index (χ2v) is 6.64. The Morgan fingerprint density at radius 2 is 1.76 bits per heavy atom. The number of hydrogen-bond acceptors (Lipinski definition) is 2. The van der Waals surface area contributed by atoms with Crippen molar-refractivity contribution in [3.05, 3.63) is 35.4 Å². The first-order chi connectivity index (χ1) is 9.90. The number of carbonyl (C=O) groups is 1. The number of rotatable bonds is 4. The van der Waals surface area contributed by atoms with Crippen molar-refractivity contribution < 1.29 is 9.90 Å². The van der Waals surface area contributed by atoms with Crippen LogP contribution in [0.25, 0.3) is 0 Å². The molecular weight excluding hydrogens is 262 g/mol. The summed E-state index contributed by atoms with van der Waals surface area (Å²) in [6.45, 7) is 9.65. The van der Waals surface area contributed by atoms with Crippen molar-refractivity contribution in [2.24, 2.45) is 5.92 Å². The summed E-state index contributed by atoms with van der Waals surface area (Å²) in [5, 5.41) is 9.16. The van der Waals surface area contributed by atoms with Gasteiger partial charge in [0.05, 0.1) is 5.92 Å². The monoisotopic (exact) mass is 289 g/mol. The average Bonchev–Trinajstić information content (AvgIpc) is 2.46. The lowest BCUT2D eigenvalue weighted by atomic mass is 9.89. The van der Waals surface area contributed by atoms with Crippen molar-refractivity contribution in [1.29, 1.82) is 0 Å². The molecule has 3 unspecified atom stereocenters. The number of carboxylic acid groups (broad SMARTS) is 1. The topological polar surface area (TPSA) is 40.5 Å². The highest BCUT2D eigenvalue weighted by Gasteiger charge is 2.32. The highest BCUT2D eigenvalue weighted by Crippen LogP contribution is 2.31. The number of carboxylic acids is 1. The first-order valence-corrected chi connectivity index (χ1v) is 7.98. The predicted molar refractivity (Wildman–Crippen MR) is 85.5 cm³/mol. The van der Waals surface area contributed by atoms with Gasteiger partial charge in [-0.2, -0.15) is 0 Å². The Bertz CT molecular complexity index is 480. The van der Waals surface area contributed by atoms with Crippen LogP contribution in [0, 0.1) is 5.92 Å². The molecule has 3 nitrogen and oxygen atoms in total. The van der Waals surface area contributed by atoms with Crippen LogP contribution in [0.1, 0.15) is 63.6 Å². The smallest absolute Gasteiger partial charge is 0.306 e. The Morgan fingerprint density at radius 3 is 2.24 bits per heavy atom. The molecule has 1 heterocycles. The van der Waals surface area contributed by atoms with E-state index in [2.05, 4.69) is 56.9 Å². The lowest BCUT2D eigenvalue weighted by Gasteiger charge is -2.40. The predicted octanol–water partition coefficient (Wildman–Crippen LogP) is 4.06. The Labute approximate surface area is 128 Å². The number of likely N-dealkylation sites (tertiary alicyclic amines) is 1. The van der Waals surface area contributed by atoms with Gasteiger partial charge >= 0.3 is 5.97 Å². The second-order valence-electron chi connectivity index (χ2n) is 6.64. The molecule has 1 fully saturated rings. The molecule has 3 heteroatoms. The summed E-state index contributed by atoms with van der Waals surface area (Å²) in [5.74, 6) is -0.262. The summed E-state index contributed by atoms with van der Waals surface area (Å²) in [5.41, 5.74) is 2.68. The first kappa shape index (κ1) is 16.0. The summed E-state index contributed by atoms with van der Waals surface area (Å²) < 4.78 is 0. The fourth-order valence-corrected chi connectivity index (χ4v) is 3.34. The summed E-state index contributed by atoms with van der Waals surface area (Å²) in [7, 11) is 0. The van der Waals surface area contributed by atoms with Gasteiger partial charge in [-0.1, -0.05) is 38.1 Å². The van der Waals surface area contributed by atoms with Crippen LogP contribution in [0.15, 0.2) is 24.3 Å². The Balaban J connectivity index is 2.06. The lowest BCUT2D eigenvalue weighted by Crippen LogP contribution is -2.43. The van der Waals surface area contributed by atoms with Crippen molar-refractivity contribution in [1.82, 2.24) is 4.90 Å². The number of benzene rings is 1. The number of hydrogen-bond donors (Lipinski definition) is 1. The molecule has 0 bridgehead atoms. The minimum Gasteiger partial charge on any atom is -0.481 e. The molecule has 1 aromatic carbocycles. The largest absolute Gasteiger partial charge is 0.481 e. The van der Waals surface area contributed by atoms with Crippen molar-refractivity contribution in [3.63, 3.8) is 0 Å². The minimum absolute atomic E-state index is 0.174. The zero-order valence-corrected chi connectivity index (χ0v) is 13.5. The molecule has 0 amide bonds. The summed E-state index contributed by atoms with van der Waals surface area (Å²) in [6, 6.07) is 9.53. The molecular formula is C18H27NO2. The molecule has 3 atom stereocenters. The molecule has 0 radical (unpaired) electrons. The van der Waals surface area contributed by atoms with Crippen LogP contribution in [0.5, 0.6) is 0 Å². The van der Waals surface area contributed by atoms with E-state index in [1.165, 1.54) is 11.1 Å². The third-order valence-electron chi connectivity index (χ3n) is 4.86. The third kappa shape index (κ3) is 3.65. The maximum atomic E-state index is 11.1. The van der Waals surface area contributed by atoms with Crippen LogP contribution >= 0.6 is 0 Å². The summed E-state index contributed by atoms with van der Waals surface area (Å²) in [6.07, 6.45) is 1.51. The van der Waals surface area contributed by atoms with Crippen LogP contribution in [-0.4, -0.2) is 28.6 Å². The molecule has 0 saturated carbocycles. The van der Waals surface area contributed by atoms with Gasteiger partial charge < -0.3 is 5.11 Å². The van der Waals surface area contributed by atoms with Gasteiger partial charge in [-0.05, 0) is 50.3 Å². The van der Waals surface area contributed by atoms with Crippen molar-refractivity contribution in [3.8, 4) is 0 Å². The maximum absolute atomic E-state index is 11.1. The molecule has 116 valence electrons. The van der Waals surface area contributed by atoms with Crippen LogP contribution in [0.2, 0.25) is 0 Å². The van der Waals surface area contributed by atoms with E-state index in [0.717, 1.165) is 19.4 Å². The van der Waals surface area contributed by atoms with E-state index < -0.39 is 5.97 Å². The van der Waals surface area contributed by atoms with E-state index in [0.29, 0.717) is 18.0 Å². The Morgan fingerprint density at radius 1 is 1.19 bits per heavy atom. The quantitative estimate of drug-likeness (QED) is 0.909. The second kappa shape index (κ2) is 6.61. The molecule has 1 aliphatic heterocycles. The fraction of sp³-hybridized carbons (Fsp3) is 0.611. The highest BCUT2D eigenvalue weighted by molar-refractivity contribution is 5.70. The molecule has 1 aromatic rings. The molecule has 2 rings (SSSR count). The van der Waals surface area contributed by atoms with E-state index in [-0.39, 0.29) is 5.92 Å². The van der Waals surface area contributed by atoms with Crippen molar-refractivity contribution in [2.45, 2.75) is 58.5 Å². The van der Waals surface area contributed by atoms with Crippen LogP contribution < -0.4 is 0 Å². The molecule has 0 aliphatic carbocycles. The first-order valence-electron chi connectivity index (χ1n) is 7.98. The summed E-state index contributed by atoms with van der Waals surface area (Å²) >= 11 is 0. The van der Waals surface area contributed by atoms with E-state index in [1.807, 2.05) is 0 Å². The molecule has 1 N–H and O–H groups in total. The van der Waals surface area contributed by atoms with Gasteiger partial charge in [0.1, 0.15) is 0 Å². The average molecular weight is 289 g/mol. The van der Waals surface area contributed by atoms with Gasteiger partial charge in [0.25, 0.3) is 0 Å². The zero-order chi connectivity index (χ0) is 15.6. The van der Waals surface area contributed by atoms with E-state index in [1.54, 1.807) is 0 Å². The third-order valence-corrected chi connectivity index (χ3v) is 4.86. The van der Waals surface area contributed by atoms with Crippen molar-refractivity contribution >= 4 is 5.97 Å². The SMILES string of the molecule is CC(C)c1ccc(C(C)N2CCC(C(=O)O)CC2C)cc1. The molecule has 0 aromatic heterocycles. The maximum Gasteiger partial charge on any atom is 0.306 e. The fourth-order valence-electron chi connectivity index (χ4n) is 3.34. The lowest BCUT2D eigenvalue weighted by molar-refractivity contribution is -0.144. The standard InChI is InChI=1S/C18H27NO2/c1-12(2)15-5-7-16(8-6-15)14(4)19-10-9-17(18(20)21)11-13(19)3/h5-8,12-14,17H,9-11H2,1-4H3,(H,20,21). The van der Waals surface area contributed by atoms with Gasteiger partial charge in [0.2, 0.25) is 0 Å². The molecule has 1 aliphatic rings. The van der Waals surface area contributed by atoms with Gasteiger partial charge in [0.15, 0.2) is 0 Å². The van der Waals surface area contributed by atoms with Crippen molar-refractivity contribution in [2.75, 3.05) is 6.54 Å². The van der Waals surface area contributed by atoms with E-state index in [4.69, 9.17) is 5.11 Å². The van der Waals surface area contributed by atoms with Crippen LogP contribution in [0.3, 0.4) is 0 Å². The van der Waals surface area contributed by atoms with Crippen LogP contribution in [0.4, 0.5) is 0 Å². The van der Waals surface area contributed by atoms with E-state index in [9.17, 15) is 4.79 Å². The van der Waals surface area contributed by atoms with Crippen LogP contribution in [-0.2, 0) is 4.79 Å². The summed E-state index contributed by atoms with van der Waals surface area (Å²) in [4.78, 5) is 13.6. The molecule has 0 spiro atoms. The normalized spacial score (nSPS) is 25.0. The van der Waals surface area contributed by atoms with Gasteiger partial charge in [0, 0.05) is 12.1 Å². The highest BCUT2D eigenvalue weighted by atomic mass is 16.4. The molecule has 1 saturated heterocycles. The zero-order valence-electron chi connectivity index (χ0n) is 13.5. The number of aliphatic carboxylic acids is 1. The van der Waals surface area contributed by atoms with Gasteiger partial charge in [-0.25, -0.2) is 0 Å².